The minimum atomic E-state index is 0.210. The number of fused-ring (bicyclic) bond motifs is 3. The van der Waals surface area contributed by atoms with Gasteiger partial charge >= 0.3 is 0 Å². The van der Waals surface area contributed by atoms with E-state index in [4.69, 9.17) is 19.6 Å². The fourth-order valence-corrected chi connectivity index (χ4v) is 3.99. The second-order valence-electron chi connectivity index (χ2n) is 8.11. The molecule has 5 rings (SSSR count). The van der Waals surface area contributed by atoms with Gasteiger partial charge in [-0.1, -0.05) is 26.0 Å². The van der Waals surface area contributed by atoms with Crippen LogP contribution in [0, 0.1) is 0 Å². The van der Waals surface area contributed by atoms with Crippen LogP contribution in [0.1, 0.15) is 36.8 Å². The van der Waals surface area contributed by atoms with Crippen molar-refractivity contribution in [2.75, 3.05) is 38.3 Å². The number of rotatable bonds is 5. The van der Waals surface area contributed by atoms with Crippen molar-refractivity contribution in [1.82, 2.24) is 24.8 Å². The summed E-state index contributed by atoms with van der Waals surface area (Å²) < 4.78 is 12.7. The molecule has 8 nitrogen and oxygen atoms in total. The van der Waals surface area contributed by atoms with Crippen molar-refractivity contribution < 1.29 is 9.47 Å². The molecule has 3 aromatic heterocycles. The molecule has 0 aliphatic carbocycles. The molecular weight excluding hydrogens is 392 g/mol. The molecule has 1 fully saturated rings. The van der Waals surface area contributed by atoms with Gasteiger partial charge in [0.1, 0.15) is 11.3 Å². The van der Waals surface area contributed by atoms with E-state index in [0.717, 1.165) is 65.7 Å². The third-order valence-corrected chi connectivity index (χ3v) is 5.70. The highest BCUT2D eigenvalue weighted by Crippen LogP contribution is 2.28. The Kier molecular flexibility index (Phi) is 5.15. The monoisotopic (exact) mass is 418 g/mol. The number of ether oxygens (including phenoxy) is 2. The minimum Gasteiger partial charge on any atom is -0.497 e. The van der Waals surface area contributed by atoms with Crippen molar-refractivity contribution in [2.45, 2.75) is 26.2 Å². The third-order valence-electron chi connectivity index (χ3n) is 5.70. The van der Waals surface area contributed by atoms with E-state index in [1.165, 1.54) is 0 Å². The molecule has 1 saturated heterocycles. The lowest BCUT2D eigenvalue weighted by atomic mass is 10.1. The van der Waals surface area contributed by atoms with Crippen LogP contribution in [0.3, 0.4) is 0 Å². The largest absolute Gasteiger partial charge is 0.497 e. The first-order chi connectivity index (χ1) is 15.1. The predicted octanol–water partition coefficient (Wildman–Crippen LogP) is 3.23. The molecule has 0 unspecified atom stereocenters. The number of aromatic nitrogens is 5. The van der Waals surface area contributed by atoms with Crippen molar-refractivity contribution >= 4 is 22.2 Å². The van der Waals surface area contributed by atoms with Crippen LogP contribution in [0.5, 0.6) is 5.75 Å². The van der Waals surface area contributed by atoms with Crippen LogP contribution in [0.2, 0.25) is 0 Å². The number of methoxy groups -OCH3 is 1. The maximum absolute atomic E-state index is 5.51. The lowest BCUT2D eigenvalue weighted by molar-refractivity contribution is 0.122. The smallest absolute Gasteiger partial charge is 0.204 e. The van der Waals surface area contributed by atoms with Crippen molar-refractivity contribution in [3.8, 4) is 5.75 Å². The number of hydrogen-bond donors (Lipinski definition) is 0. The fraction of sp³-hybridized carbons (Fsp3) is 0.391. The molecule has 0 bridgehead atoms. The van der Waals surface area contributed by atoms with Gasteiger partial charge in [0, 0.05) is 30.8 Å². The summed E-state index contributed by atoms with van der Waals surface area (Å²) in [6, 6.07) is 10.3. The molecular formula is C23H26N6O2. The van der Waals surface area contributed by atoms with Gasteiger partial charge in [0.15, 0.2) is 5.82 Å². The van der Waals surface area contributed by atoms with Gasteiger partial charge in [0.2, 0.25) is 5.65 Å². The molecule has 8 heteroatoms. The van der Waals surface area contributed by atoms with Gasteiger partial charge < -0.3 is 14.4 Å². The quantitative estimate of drug-likeness (QED) is 0.492. The molecule has 0 spiro atoms. The second-order valence-corrected chi connectivity index (χ2v) is 8.11. The van der Waals surface area contributed by atoms with Crippen molar-refractivity contribution in [3.05, 3.63) is 53.6 Å². The van der Waals surface area contributed by atoms with Crippen molar-refractivity contribution in [3.63, 3.8) is 0 Å². The molecule has 1 aliphatic heterocycles. The summed E-state index contributed by atoms with van der Waals surface area (Å²) >= 11 is 0. The minimum absolute atomic E-state index is 0.210. The summed E-state index contributed by atoms with van der Waals surface area (Å²) in [4.78, 5) is 7.13. The van der Waals surface area contributed by atoms with Crippen LogP contribution in [0.4, 0.5) is 5.69 Å². The highest BCUT2D eigenvalue weighted by Gasteiger charge is 2.19. The number of pyridine rings is 1. The maximum Gasteiger partial charge on any atom is 0.204 e. The Bertz CT molecular complexity index is 1210. The first-order valence-corrected chi connectivity index (χ1v) is 10.6. The number of hydrogen-bond acceptors (Lipinski definition) is 7. The zero-order chi connectivity index (χ0) is 21.4. The highest BCUT2D eigenvalue weighted by atomic mass is 16.5. The molecule has 0 N–H and O–H groups in total. The van der Waals surface area contributed by atoms with E-state index in [0.29, 0.717) is 12.1 Å². The normalized spacial score (nSPS) is 14.6. The van der Waals surface area contributed by atoms with E-state index >= 15 is 0 Å². The Balaban J connectivity index is 1.66. The van der Waals surface area contributed by atoms with Gasteiger partial charge in [-0.05, 0) is 23.8 Å². The summed E-state index contributed by atoms with van der Waals surface area (Å²) in [5, 5.41) is 14.8. The van der Waals surface area contributed by atoms with Gasteiger partial charge in [-0.2, -0.15) is 9.61 Å². The van der Waals surface area contributed by atoms with Crippen LogP contribution in [-0.2, 0) is 11.2 Å². The standard InChI is InChI=1S/C23H26N6O2/c1-15(2)22-25-26-23-21-19(13-17(14-24-21)28-8-10-31-11-9-28)20(27-29(22)23)12-16-4-6-18(30-3)7-5-16/h4-7,13-15H,8-12H2,1-3H3. The Morgan fingerprint density at radius 1 is 1.10 bits per heavy atom. The number of morpholine rings is 1. The third kappa shape index (κ3) is 3.67. The SMILES string of the molecule is COc1ccc(Cc2nn3c(C(C)C)nnc3c3ncc(N4CCOCC4)cc23)cc1. The van der Waals surface area contributed by atoms with E-state index in [9.17, 15) is 0 Å². The average Bonchev–Trinajstić information content (AvgIpc) is 3.24. The molecule has 1 aromatic carbocycles. The van der Waals surface area contributed by atoms with Gasteiger partial charge in [-0.3, -0.25) is 0 Å². The summed E-state index contributed by atoms with van der Waals surface area (Å²) in [5.74, 6) is 1.89. The van der Waals surface area contributed by atoms with Crippen LogP contribution < -0.4 is 9.64 Å². The van der Waals surface area contributed by atoms with Crippen LogP contribution in [-0.4, -0.2) is 58.2 Å². The molecule has 0 saturated carbocycles. The lowest BCUT2D eigenvalue weighted by Crippen LogP contribution is -2.36. The zero-order valence-electron chi connectivity index (χ0n) is 18.1. The van der Waals surface area contributed by atoms with Gasteiger partial charge in [0.25, 0.3) is 0 Å². The van der Waals surface area contributed by atoms with E-state index < -0.39 is 0 Å². The lowest BCUT2D eigenvalue weighted by Gasteiger charge is -2.28. The Morgan fingerprint density at radius 2 is 1.87 bits per heavy atom. The fourth-order valence-electron chi connectivity index (χ4n) is 3.99. The number of nitrogens with zero attached hydrogens (tertiary/aromatic N) is 6. The number of benzene rings is 1. The first kappa shape index (κ1) is 19.7. The molecule has 4 aromatic rings. The molecule has 0 atom stereocenters. The Labute approximate surface area is 180 Å². The summed E-state index contributed by atoms with van der Waals surface area (Å²) in [5.41, 5.74) is 4.73. The van der Waals surface area contributed by atoms with Crippen molar-refractivity contribution in [1.29, 1.82) is 0 Å². The molecule has 0 radical (unpaired) electrons. The van der Waals surface area contributed by atoms with Crippen LogP contribution in [0.15, 0.2) is 36.5 Å². The molecule has 160 valence electrons. The molecule has 4 heterocycles. The summed E-state index contributed by atoms with van der Waals surface area (Å²) in [7, 11) is 1.68. The van der Waals surface area contributed by atoms with Gasteiger partial charge in [-0.15, -0.1) is 10.2 Å². The summed E-state index contributed by atoms with van der Waals surface area (Å²) in [6.07, 6.45) is 2.61. The second kappa shape index (κ2) is 8.11. The topological polar surface area (TPSA) is 77.7 Å². The average molecular weight is 419 g/mol. The summed E-state index contributed by atoms with van der Waals surface area (Å²) in [6.45, 7) is 7.38. The van der Waals surface area contributed by atoms with E-state index in [1.54, 1.807) is 7.11 Å². The first-order valence-electron chi connectivity index (χ1n) is 10.6. The molecule has 1 aliphatic rings. The predicted molar refractivity (Wildman–Crippen MR) is 119 cm³/mol. The van der Waals surface area contributed by atoms with Gasteiger partial charge in [0.05, 0.1) is 37.9 Å². The van der Waals surface area contributed by atoms with Crippen LogP contribution in [0.25, 0.3) is 16.6 Å². The Morgan fingerprint density at radius 3 is 2.58 bits per heavy atom. The molecule has 31 heavy (non-hydrogen) atoms. The Hall–Kier alpha value is -3.26. The van der Waals surface area contributed by atoms with Crippen LogP contribution >= 0.6 is 0 Å². The van der Waals surface area contributed by atoms with E-state index in [-0.39, 0.29) is 5.92 Å². The zero-order valence-corrected chi connectivity index (χ0v) is 18.1. The van der Waals surface area contributed by atoms with Crippen molar-refractivity contribution in [2.24, 2.45) is 0 Å². The number of anilines is 1. The van der Waals surface area contributed by atoms with Gasteiger partial charge in [-0.25, -0.2) is 4.98 Å². The maximum atomic E-state index is 5.51. The highest BCUT2D eigenvalue weighted by molar-refractivity contribution is 5.93. The molecule has 0 amide bonds. The van der Waals surface area contributed by atoms with E-state index in [2.05, 4.69) is 47.1 Å². The van der Waals surface area contributed by atoms with E-state index in [1.807, 2.05) is 22.8 Å².